The van der Waals surface area contributed by atoms with E-state index in [1.165, 1.54) is 6.07 Å². The monoisotopic (exact) mass is 293 g/mol. The molecule has 1 aromatic carbocycles. The summed E-state index contributed by atoms with van der Waals surface area (Å²) >= 11 is 0. The number of rotatable bonds is 4. The molecule has 0 aromatic heterocycles. The van der Waals surface area contributed by atoms with Crippen LogP contribution >= 0.6 is 0 Å². The zero-order valence-electron chi connectivity index (χ0n) is 12.2. The van der Waals surface area contributed by atoms with Crippen LogP contribution in [-0.2, 0) is 9.59 Å². The van der Waals surface area contributed by atoms with Gasteiger partial charge in [0.25, 0.3) is 0 Å². The van der Waals surface area contributed by atoms with Crippen molar-refractivity contribution in [3.8, 4) is 0 Å². The molecular weight excluding hydrogens is 273 g/mol. The number of nitrogens with one attached hydrogen (secondary N) is 1. The van der Waals surface area contributed by atoms with Crippen LogP contribution in [0.1, 0.15) is 38.3 Å². The number of aliphatic carboxylic acids is 1. The van der Waals surface area contributed by atoms with Crippen LogP contribution in [0.5, 0.6) is 0 Å². The van der Waals surface area contributed by atoms with Gasteiger partial charge in [-0.1, -0.05) is 25.1 Å². The number of hydrogen-bond donors (Lipinski definition) is 2. The predicted molar refractivity (Wildman–Crippen MR) is 76.0 cm³/mol. The Kier molecular flexibility index (Phi) is 4.60. The van der Waals surface area contributed by atoms with Crippen molar-refractivity contribution in [3.05, 3.63) is 35.6 Å². The molecule has 1 aliphatic rings. The first kappa shape index (κ1) is 15.5. The first-order valence-corrected chi connectivity index (χ1v) is 7.17. The van der Waals surface area contributed by atoms with Crippen LogP contribution in [0, 0.1) is 23.6 Å². The fourth-order valence-electron chi connectivity index (χ4n) is 3.08. The van der Waals surface area contributed by atoms with Gasteiger partial charge in [0, 0.05) is 5.56 Å². The van der Waals surface area contributed by atoms with Crippen LogP contribution in [-0.4, -0.2) is 17.0 Å². The molecule has 1 aliphatic carbocycles. The van der Waals surface area contributed by atoms with Crippen molar-refractivity contribution in [2.45, 2.75) is 32.7 Å². The average molecular weight is 293 g/mol. The van der Waals surface area contributed by atoms with E-state index in [2.05, 4.69) is 5.32 Å². The molecule has 0 aliphatic heterocycles. The number of hydrogen-bond acceptors (Lipinski definition) is 2. The van der Waals surface area contributed by atoms with Crippen LogP contribution in [0.15, 0.2) is 24.3 Å². The number of carboxylic acid groups (broad SMARTS) is 1. The van der Waals surface area contributed by atoms with Gasteiger partial charge in [-0.15, -0.1) is 0 Å². The second-order valence-electron chi connectivity index (χ2n) is 5.88. The Morgan fingerprint density at radius 3 is 2.52 bits per heavy atom. The summed E-state index contributed by atoms with van der Waals surface area (Å²) in [7, 11) is 0. The summed E-state index contributed by atoms with van der Waals surface area (Å²) in [6.07, 6.45) is 1.08. The first-order chi connectivity index (χ1) is 9.90. The van der Waals surface area contributed by atoms with E-state index >= 15 is 0 Å². The van der Waals surface area contributed by atoms with E-state index in [4.69, 9.17) is 0 Å². The van der Waals surface area contributed by atoms with Gasteiger partial charge in [0.05, 0.1) is 17.9 Å². The smallest absolute Gasteiger partial charge is 0.307 e. The van der Waals surface area contributed by atoms with E-state index in [1.54, 1.807) is 25.1 Å². The average Bonchev–Trinajstić information content (AvgIpc) is 2.81. The largest absolute Gasteiger partial charge is 0.481 e. The minimum Gasteiger partial charge on any atom is -0.481 e. The Hall–Kier alpha value is -1.91. The molecule has 0 bridgehead atoms. The fourth-order valence-corrected chi connectivity index (χ4v) is 3.08. The molecule has 0 heterocycles. The molecule has 0 radical (unpaired) electrons. The molecule has 0 saturated heterocycles. The Morgan fingerprint density at radius 1 is 1.29 bits per heavy atom. The van der Waals surface area contributed by atoms with Crippen molar-refractivity contribution in [3.63, 3.8) is 0 Å². The lowest BCUT2D eigenvalue weighted by Crippen LogP contribution is -2.36. The summed E-state index contributed by atoms with van der Waals surface area (Å²) in [5.74, 6) is -2.58. The van der Waals surface area contributed by atoms with Gasteiger partial charge >= 0.3 is 5.97 Å². The highest BCUT2D eigenvalue weighted by atomic mass is 19.1. The molecule has 5 heteroatoms. The molecule has 4 nitrogen and oxygen atoms in total. The van der Waals surface area contributed by atoms with E-state index in [0.717, 1.165) is 0 Å². The number of carboxylic acids is 1. The maximum Gasteiger partial charge on any atom is 0.307 e. The van der Waals surface area contributed by atoms with Gasteiger partial charge in [-0.05, 0) is 31.7 Å². The molecular formula is C16H20FNO3. The lowest BCUT2D eigenvalue weighted by molar-refractivity contribution is -0.146. The van der Waals surface area contributed by atoms with E-state index in [0.29, 0.717) is 18.4 Å². The van der Waals surface area contributed by atoms with Gasteiger partial charge in [-0.25, -0.2) is 4.39 Å². The summed E-state index contributed by atoms with van der Waals surface area (Å²) in [4.78, 5) is 23.5. The lowest BCUT2D eigenvalue weighted by atomic mass is 9.94. The predicted octanol–water partition coefficient (Wildman–Crippen LogP) is 2.75. The quantitative estimate of drug-likeness (QED) is 0.897. The topological polar surface area (TPSA) is 66.4 Å². The highest BCUT2D eigenvalue weighted by molar-refractivity contribution is 5.85. The molecule has 1 fully saturated rings. The Labute approximate surface area is 123 Å². The highest BCUT2D eigenvalue weighted by Crippen LogP contribution is 2.37. The minimum absolute atomic E-state index is 0.214. The van der Waals surface area contributed by atoms with Crippen LogP contribution in [0.2, 0.25) is 0 Å². The fraction of sp³-hybridized carbons (Fsp3) is 0.500. The van der Waals surface area contributed by atoms with Gasteiger partial charge < -0.3 is 10.4 Å². The molecule has 0 spiro atoms. The summed E-state index contributed by atoms with van der Waals surface area (Å²) in [5.41, 5.74) is 0.406. The van der Waals surface area contributed by atoms with Crippen LogP contribution < -0.4 is 5.32 Å². The van der Waals surface area contributed by atoms with Gasteiger partial charge in [0.1, 0.15) is 5.82 Å². The molecule has 1 aromatic rings. The van der Waals surface area contributed by atoms with Crippen molar-refractivity contribution in [1.82, 2.24) is 5.32 Å². The molecule has 1 unspecified atom stereocenters. The molecule has 114 valence electrons. The number of carbonyl (C=O) groups excluding carboxylic acids is 1. The molecule has 21 heavy (non-hydrogen) atoms. The minimum atomic E-state index is -0.932. The van der Waals surface area contributed by atoms with Crippen LogP contribution in [0.25, 0.3) is 0 Å². The first-order valence-electron chi connectivity index (χ1n) is 7.17. The van der Waals surface area contributed by atoms with Crippen molar-refractivity contribution >= 4 is 11.9 Å². The SMILES string of the molecule is CC1C[C@H](C(=O)N[C@@H](C)c2ccccc2F)[C@H](C(=O)O)C1. The van der Waals surface area contributed by atoms with E-state index < -0.39 is 23.8 Å². The Balaban J connectivity index is 2.07. The van der Waals surface area contributed by atoms with Gasteiger partial charge in [-0.3, -0.25) is 9.59 Å². The second kappa shape index (κ2) is 6.24. The number of amides is 1. The van der Waals surface area contributed by atoms with Crippen molar-refractivity contribution in [1.29, 1.82) is 0 Å². The third kappa shape index (κ3) is 3.40. The van der Waals surface area contributed by atoms with Crippen molar-refractivity contribution < 1.29 is 19.1 Å². The summed E-state index contributed by atoms with van der Waals surface area (Å²) < 4.78 is 13.7. The summed E-state index contributed by atoms with van der Waals surface area (Å²) in [6, 6.07) is 5.77. The molecule has 2 rings (SSSR count). The van der Waals surface area contributed by atoms with E-state index in [-0.39, 0.29) is 17.6 Å². The Bertz CT molecular complexity index is 546. The maximum absolute atomic E-state index is 13.7. The highest BCUT2D eigenvalue weighted by Gasteiger charge is 2.41. The zero-order valence-corrected chi connectivity index (χ0v) is 12.2. The third-order valence-corrected chi connectivity index (χ3v) is 4.18. The molecule has 2 N–H and O–H groups in total. The standard InChI is InChI=1S/C16H20FNO3/c1-9-7-12(13(8-9)16(20)21)15(19)18-10(2)11-5-3-4-6-14(11)17/h3-6,9-10,12-13H,7-8H2,1-2H3,(H,18,19)(H,20,21)/t9?,10-,12-,13+/m0/s1. The van der Waals surface area contributed by atoms with E-state index in [9.17, 15) is 19.1 Å². The van der Waals surface area contributed by atoms with Gasteiger partial charge in [0.2, 0.25) is 5.91 Å². The summed E-state index contributed by atoms with van der Waals surface area (Å²) in [6.45, 7) is 3.65. The van der Waals surface area contributed by atoms with Crippen LogP contribution in [0.4, 0.5) is 4.39 Å². The molecule has 4 atom stereocenters. The normalized spacial score (nSPS) is 26.3. The van der Waals surface area contributed by atoms with Gasteiger partial charge in [0.15, 0.2) is 0 Å². The lowest BCUT2D eigenvalue weighted by Gasteiger charge is -2.20. The number of carbonyl (C=O) groups is 2. The second-order valence-corrected chi connectivity index (χ2v) is 5.88. The number of benzene rings is 1. The van der Waals surface area contributed by atoms with Gasteiger partial charge in [-0.2, -0.15) is 0 Å². The van der Waals surface area contributed by atoms with E-state index in [1.807, 2.05) is 6.92 Å². The van der Waals surface area contributed by atoms with Crippen molar-refractivity contribution in [2.24, 2.45) is 17.8 Å². The maximum atomic E-state index is 13.7. The molecule has 1 saturated carbocycles. The molecule has 1 amide bonds. The summed E-state index contributed by atoms with van der Waals surface area (Å²) in [5, 5.41) is 11.9. The zero-order chi connectivity index (χ0) is 15.6. The third-order valence-electron chi connectivity index (χ3n) is 4.18. The van der Waals surface area contributed by atoms with Crippen molar-refractivity contribution in [2.75, 3.05) is 0 Å². The van der Waals surface area contributed by atoms with Crippen LogP contribution in [0.3, 0.4) is 0 Å². The number of halogens is 1. The Morgan fingerprint density at radius 2 is 1.90 bits per heavy atom.